The molecule has 2 unspecified atom stereocenters. The Morgan fingerprint density at radius 1 is 1.17 bits per heavy atom. The summed E-state index contributed by atoms with van der Waals surface area (Å²) < 4.78 is 31.0. The topological polar surface area (TPSA) is 66.9 Å². The zero-order chi connectivity index (χ0) is 16.8. The van der Waals surface area contributed by atoms with Crippen LogP contribution in [0.15, 0.2) is 18.2 Å². The van der Waals surface area contributed by atoms with Gasteiger partial charge in [-0.15, -0.1) is 0 Å². The van der Waals surface area contributed by atoms with Crippen LogP contribution in [0, 0.1) is 13.8 Å². The van der Waals surface area contributed by atoms with Crippen molar-refractivity contribution in [1.29, 1.82) is 0 Å². The number of hydrogen-bond donors (Lipinski definition) is 0. The number of carbonyl (C=O) groups is 1. The molecule has 2 aliphatic rings. The Hall–Kier alpha value is -1.44. The number of amides is 1. The molecule has 2 fully saturated rings. The van der Waals surface area contributed by atoms with E-state index in [0.717, 1.165) is 11.1 Å². The minimum Gasteiger partial charge on any atom is -0.373 e. The van der Waals surface area contributed by atoms with Crippen molar-refractivity contribution in [1.82, 2.24) is 9.21 Å². The summed E-state index contributed by atoms with van der Waals surface area (Å²) in [6.45, 7) is 5.46. The number of likely N-dealkylation sites (tertiary alicyclic amines) is 1. The monoisotopic (exact) mass is 338 g/mol. The van der Waals surface area contributed by atoms with Gasteiger partial charge >= 0.3 is 0 Å². The number of fused-ring (bicyclic) bond motifs is 1. The normalized spacial score (nSPS) is 25.4. The van der Waals surface area contributed by atoms with Crippen LogP contribution in [0.2, 0.25) is 0 Å². The Morgan fingerprint density at radius 3 is 2.43 bits per heavy atom. The van der Waals surface area contributed by atoms with Crippen molar-refractivity contribution >= 4 is 15.9 Å². The SMILES string of the molecule is Cc1cc(C)cc(C(=O)N2CC3OCCN(S(C)(=O)=O)C3C2)c1. The van der Waals surface area contributed by atoms with Gasteiger partial charge in [-0.25, -0.2) is 8.42 Å². The molecular formula is C16H22N2O4S. The van der Waals surface area contributed by atoms with Crippen LogP contribution in [0.4, 0.5) is 0 Å². The number of nitrogens with zero attached hydrogens (tertiary/aromatic N) is 2. The molecule has 0 aliphatic carbocycles. The zero-order valence-corrected chi connectivity index (χ0v) is 14.5. The van der Waals surface area contributed by atoms with E-state index in [4.69, 9.17) is 4.74 Å². The van der Waals surface area contributed by atoms with E-state index in [9.17, 15) is 13.2 Å². The summed E-state index contributed by atoms with van der Waals surface area (Å²) in [5, 5.41) is 0. The number of rotatable bonds is 2. The van der Waals surface area contributed by atoms with Gasteiger partial charge in [0.1, 0.15) is 0 Å². The molecule has 0 radical (unpaired) electrons. The molecule has 1 aromatic carbocycles. The molecule has 1 aromatic rings. The first kappa shape index (κ1) is 16.4. The molecular weight excluding hydrogens is 316 g/mol. The number of hydrogen-bond acceptors (Lipinski definition) is 4. The minimum absolute atomic E-state index is 0.0664. The quantitative estimate of drug-likeness (QED) is 0.800. The van der Waals surface area contributed by atoms with Crippen molar-refractivity contribution in [2.75, 3.05) is 32.5 Å². The summed E-state index contributed by atoms with van der Waals surface area (Å²) in [5.74, 6) is -0.0664. The van der Waals surface area contributed by atoms with E-state index in [0.29, 0.717) is 31.8 Å². The summed E-state index contributed by atoms with van der Waals surface area (Å²) >= 11 is 0. The van der Waals surface area contributed by atoms with Crippen LogP contribution in [-0.4, -0.2) is 68.2 Å². The van der Waals surface area contributed by atoms with Crippen LogP contribution < -0.4 is 0 Å². The van der Waals surface area contributed by atoms with Gasteiger partial charge in [-0.2, -0.15) is 4.31 Å². The standard InChI is InChI=1S/C16H22N2O4S/c1-11-6-12(2)8-13(7-11)16(19)17-9-14-15(10-17)22-5-4-18(14)23(3,20)21/h6-8,14-15H,4-5,9-10H2,1-3H3. The van der Waals surface area contributed by atoms with Crippen LogP contribution in [0.3, 0.4) is 0 Å². The van der Waals surface area contributed by atoms with Gasteiger partial charge in [0, 0.05) is 25.2 Å². The Balaban J connectivity index is 1.82. The Bertz CT molecular complexity index is 711. The first-order valence-electron chi connectivity index (χ1n) is 7.72. The lowest BCUT2D eigenvalue weighted by molar-refractivity contribution is -0.0157. The highest BCUT2D eigenvalue weighted by atomic mass is 32.2. The number of morpholine rings is 1. The highest BCUT2D eigenvalue weighted by Gasteiger charge is 2.45. The van der Waals surface area contributed by atoms with E-state index >= 15 is 0 Å². The molecule has 0 bridgehead atoms. The van der Waals surface area contributed by atoms with Crippen molar-refractivity contribution < 1.29 is 17.9 Å². The average molecular weight is 338 g/mol. The van der Waals surface area contributed by atoms with Gasteiger partial charge in [0.2, 0.25) is 10.0 Å². The number of benzene rings is 1. The number of sulfonamides is 1. The molecule has 0 saturated carbocycles. The maximum atomic E-state index is 12.8. The smallest absolute Gasteiger partial charge is 0.254 e. The van der Waals surface area contributed by atoms with Gasteiger partial charge in [-0.3, -0.25) is 4.79 Å². The van der Waals surface area contributed by atoms with Gasteiger partial charge in [0.25, 0.3) is 5.91 Å². The van der Waals surface area contributed by atoms with E-state index in [2.05, 4.69) is 0 Å². The van der Waals surface area contributed by atoms with Crippen LogP contribution in [0.5, 0.6) is 0 Å². The van der Waals surface area contributed by atoms with Gasteiger partial charge in [0.05, 0.1) is 25.0 Å². The third-order valence-electron chi connectivity index (χ3n) is 4.43. The number of aryl methyl sites for hydroxylation is 2. The molecule has 23 heavy (non-hydrogen) atoms. The molecule has 2 atom stereocenters. The molecule has 0 spiro atoms. The first-order valence-corrected chi connectivity index (χ1v) is 9.56. The molecule has 126 valence electrons. The fourth-order valence-corrected chi connectivity index (χ4v) is 4.62. The molecule has 6 nitrogen and oxygen atoms in total. The van der Waals surface area contributed by atoms with E-state index < -0.39 is 10.0 Å². The lowest BCUT2D eigenvalue weighted by atomic mass is 10.1. The highest BCUT2D eigenvalue weighted by Crippen LogP contribution is 2.26. The van der Waals surface area contributed by atoms with Gasteiger partial charge < -0.3 is 9.64 Å². The molecule has 0 aromatic heterocycles. The molecule has 2 saturated heterocycles. The predicted octanol–water partition coefficient (Wildman–Crippen LogP) is 0.788. The maximum absolute atomic E-state index is 12.8. The fourth-order valence-electron chi connectivity index (χ4n) is 3.52. The Kier molecular flexibility index (Phi) is 4.20. The first-order chi connectivity index (χ1) is 10.8. The fraction of sp³-hybridized carbons (Fsp3) is 0.562. The number of carbonyl (C=O) groups excluding carboxylic acids is 1. The number of ether oxygens (including phenoxy) is 1. The molecule has 2 aliphatic heterocycles. The summed E-state index contributed by atoms with van der Waals surface area (Å²) in [5.41, 5.74) is 2.73. The average Bonchev–Trinajstić information content (AvgIpc) is 2.87. The van der Waals surface area contributed by atoms with Crippen LogP contribution in [0.25, 0.3) is 0 Å². The lowest BCUT2D eigenvalue weighted by Crippen LogP contribution is -2.52. The molecule has 1 amide bonds. The third-order valence-corrected chi connectivity index (χ3v) is 5.74. The van der Waals surface area contributed by atoms with E-state index in [-0.39, 0.29) is 18.1 Å². The van der Waals surface area contributed by atoms with Crippen molar-refractivity contribution in [3.05, 3.63) is 34.9 Å². The van der Waals surface area contributed by atoms with Crippen molar-refractivity contribution in [2.45, 2.75) is 26.0 Å². The van der Waals surface area contributed by atoms with Crippen LogP contribution in [0.1, 0.15) is 21.5 Å². The van der Waals surface area contributed by atoms with Crippen LogP contribution >= 0.6 is 0 Å². The van der Waals surface area contributed by atoms with Crippen LogP contribution in [-0.2, 0) is 14.8 Å². The van der Waals surface area contributed by atoms with Gasteiger partial charge in [-0.1, -0.05) is 17.2 Å². The molecule has 2 heterocycles. The van der Waals surface area contributed by atoms with E-state index in [1.807, 2.05) is 32.0 Å². The highest BCUT2D eigenvalue weighted by molar-refractivity contribution is 7.88. The van der Waals surface area contributed by atoms with E-state index in [1.165, 1.54) is 10.6 Å². The Morgan fingerprint density at radius 2 is 1.83 bits per heavy atom. The van der Waals surface area contributed by atoms with E-state index in [1.54, 1.807) is 4.90 Å². The predicted molar refractivity (Wildman–Crippen MR) is 86.9 cm³/mol. The van der Waals surface area contributed by atoms with Crippen molar-refractivity contribution in [3.63, 3.8) is 0 Å². The summed E-state index contributed by atoms with van der Waals surface area (Å²) in [6.07, 6.45) is 0.970. The maximum Gasteiger partial charge on any atom is 0.254 e. The van der Waals surface area contributed by atoms with Gasteiger partial charge in [0.15, 0.2) is 0 Å². The minimum atomic E-state index is -3.29. The molecule has 0 N–H and O–H groups in total. The summed E-state index contributed by atoms with van der Waals surface area (Å²) in [4.78, 5) is 14.5. The molecule has 7 heteroatoms. The second kappa shape index (κ2) is 5.89. The largest absolute Gasteiger partial charge is 0.373 e. The Labute approximate surface area is 137 Å². The lowest BCUT2D eigenvalue weighted by Gasteiger charge is -2.34. The second-order valence-electron chi connectivity index (χ2n) is 6.44. The summed E-state index contributed by atoms with van der Waals surface area (Å²) in [6, 6.07) is 5.47. The molecule has 3 rings (SSSR count). The van der Waals surface area contributed by atoms with Gasteiger partial charge in [-0.05, 0) is 26.0 Å². The summed E-state index contributed by atoms with van der Waals surface area (Å²) in [7, 11) is -3.29. The van der Waals surface area contributed by atoms with Crippen molar-refractivity contribution in [3.8, 4) is 0 Å². The second-order valence-corrected chi connectivity index (χ2v) is 8.37. The third kappa shape index (κ3) is 3.27. The zero-order valence-electron chi connectivity index (χ0n) is 13.7. The van der Waals surface area contributed by atoms with Crippen molar-refractivity contribution in [2.24, 2.45) is 0 Å².